The Hall–Kier alpha value is -3.66. The van der Waals surface area contributed by atoms with E-state index in [0.29, 0.717) is 36.7 Å². The van der Waals surface area contributed by atoms with Crippen LogP contribution >= 0.6 is 11.6 Å². The number of rotatable bonds is 10. The van der Waals surface area contributed by atoms with Gasteiger partial charge in [0.25, 0.3) is 5.91 Å². The number of ether oxygens (including phenoxy) is 1. The van der Waals surface area contributed by atoms with Crippen LogP contribution in [-0.2, 0) is 14.8 Å². The Bertz CT molecular complexity index is 1880. The van der Waals surface area contributed by atoms with Gasteiger partial charge in [0.2, 0.25) is 10.0 Å². The number of likely N-dealkylation sites (tertiary alicyclic amines) is 1. The number of benzene rings is 1. The quantitative estimate of drug-likeness (QED) is 0.303. The van der Waals surface area contributed by atoms with Gasteiger partial charge in [-0.15, -0.1) is 0 Å². The minimum Gasteiger partial charge on any atom is -0.444 e. The molecule has 0 spiro atoms. The molecule has 3 aromatic rings. The molecule has 0 radical (unpaired) electrons. The van der Waals surface area contributed by atoms with E-state index < -0.39 is 15.6 Å². The highest BCUT2D eigenvalue weighted by atomic mass is 35.5. The Morgan fingerprint density at radius 2 is 1.87 bits per heavy atom. The fourth-order valence-electron chi connectivity index (χ4n) is 7.46. The lowest BCUT2D eigenvalue weighted by Gasteiger charge is -2.35. The molecular formula is C36H52ClN9O5S. The van der Waals surface area contributed by atoms with Gasteiger partial charge in [0, 0.05) is 75.2 Å². The van der Waals surface area contributed by atoms with E-state index in [1.54, 1.807) is 21.5 Å². The second-order valence-electron chi connectivity index (χ2n) is 15.2. The summed E-state index contributed by atoms with van der Waals surface area (Å²) in [6.45, 7) is 15.2. The topological polar surface area (TPSA) is 145 Å². The number of fused-ring (bicyclic) bond motifs is 1. The van der Waals surface area contributed by atoms with E-state index in [-0.39, 0.29) is 35.3 Å². The maximum atomic E-state index is 14.0. The number of hydrogen-bond donors (Lipinski definition) is 2. The van der Waals surface area contributed by atoms with E-state index in [2.05, 4.69) is 19.8 Å². The molecule has 3 saturated heterocycles. The molecule has 16 heteroatoms. The van der Waals surface area contributed by atoms with Gasteiger partial charge in [-0.25, -0.2) is 22.7 Å². The van der Waals surface area contributed by atoms with Crippen LogP contribution in [0.15, 0.2) is 30.5 Å². The maximum absolute atomic E-state index is 14.0. The summed E-state index contributed by atoms with van der Waals surface area (Å²) in [6, 6.07) is 6.22. The standard InChI is InChI=1S/C36H52ClN9O5S/c1-25-23-46-32(22-30(40-46)31-9-6-7-16-45(31)34(47)28-11-10-26(37)21-29(28)41-52(5,49)50)39-33(25)43-18-12-27(24-43)44(35(48)51-36(2,3)4)17-8-15-42-19-13-38-14-20-42/h10-11,21-23,27,31,38,41H,6-9,12-20,24H2,1-5H3/t27-,31-/m0/s1. The summed E-state index contributed by atoms with van der Waals surface area (Å²) in [6.07, 6.45) is 6.89. The van der Waals surface area contributed by atoms with Crippen molar-refractivity contribution in [3.05, 3.63) is 52.3 Å². The molecule has 2 atom stereocenters. The van der Waals surface area contributed by atoms with Gasteiger partial charge in [-0.05, 0) is 84.5 Å². The minimum absolute atomic E-state index is 0.00692. The van der Waals surface area contributed by atoms with Gasteiger partial charge in [0.1, 0.15) is 11.4 Å². The Morgan fingerprint density at radius 3 is 2.60 bits per heavy atom. The molecule has 0 saturated carbocycles. The first kappa shape index (κ1) is 38.1. The van der Waals surface area contributed by atoms with Crippen molar-refractivity contribution in [2.24, 2.45) is 0 Å². The molecule has 0 unspecified atom stereocenters. The van der Waals surface area contributed by atoms with E-state index in [0.717, 1.165) is 88.3 Å². The summed E-state index contributed by atoms with van der Waals surface area (Å²) in [5.74, 6) is 0.556. The van der Waals surface area contributed by atoms with E-state index in [9.17, 15) is 18.0 Å². The number of amides is 2. The number of nitrogens with one attached hydrogen (secondary N) is 2. The van der Waals surface area contributed by atoms with Crippen molar-refractivity contribution in [2.75, 3.05) is 74.8 Å². The minimum atomic E-state index is -3.64. The number of hydrogen-bond acceptors (Lipinski definition) is 10. The molecule has 5 heterocycles. The van der Waals surface area contributed by atoms with Gasteiger partial charge < -0.3 is 29.7 Å². The van der Waals surface area contributed by atoms with E-state index >= 15 is 0 Å². The van der Waals surface area contributed by atoms with Crippen molar-refractivity contribution >= 4 is 50.8 Å². The van der Waals surface area contributed by atoms with Crippen LogP contribution in [0.1, 0.15) is 80.5 Å². The van der Waals surface area contributed by atoms with E-state index in [1.807, 2.05) is 44.9 Å². The number of piperidine rings is 1. The van der Waals surface area contributed by atoms with E-state index in [1.165, 1.54) is 6.07 Å². The summed E-state index contributed by atoms with van der Waals surface area (Å²) in [4.78, 5) is 41.0. The van der Waals surface area contributed by atoms with Gasteiger partial charge in [-0.2, -0.15) is 5.10 Å². The highest BCUT2D eigenvalue weighted by Crippen LogP contribution is 2.35. The molecule has 1 aromatic carbocycles. The first-order valence-corrected chi connectivity index (χ1v) is 20.5. The molecule has 3 aliphatic heterocycles. The second kappa shape index (κ2) is 15.7. The maximum Gasteiger partial charge on any atom is 0.410 e. The Morgan fingerprint density at radius 1 is 1.10 bits per heavy atom. The number of carbonyl (C=O) groups is 2. The highest BCUT2D eigenvalue weighted by molar-refractivity contribution is 7.92. The molecule has 6 rings (SSSR count). The first-order valence-electron chi connectivity index (χ1n) is 18.3. The predicted octanol–water partition coefficient (Wildman–Crippen LogP) is 4.54. The van der Waals surface area contributed by atoms with Crippen LogP contribution in [0, 0.1) is 6.92 Å². The van der Waals surface area contributed by atoms with Gasteiger partial charge in [-0.1, -0.05) is 11.6 Å². The van der Waals surface area contributed by atoms with Crippen LogP contribution in [0.2, 0.25) is 5.02 Å². The number of sulfonamides is 1. The average molecular weight is 758 g/mol. The number of aryl methyl sites for hydroxylation is 1. The van der Waals surface area contributed by atoms with E-state index in [4.69, 9.17) is 26.4 Å². The second-order valence-corrected chi connectivity index (χ2v) is 17.4. The molecule has 2 aromatic heterocycles. The van der Waals surface area contributed by atoms with Gasteiger partial charge in [-0.3, -0.25) is 9.52 Å². The fraction of sp³-hybridized carbons (Fsp3) is 0.611. The smallest absolute Gasteiger partial charge is 0.410 e. The zero-order valence-corrected chi connectivity index (χ0v) is 32.5. The van der Waals surface area contributed by atoms with Crippen molar-refractivity contribution in [1.82, 2.24) is 34.6 Å². The van der Waals surface area contributed by atoms with Crippen molar-refractivity contribution in [2.45, 2.75) is 77.5 Å². The number of halogens is 1. The summed E-state index contributed by atoms with van der Waals surface area (Å²) in [5.41, 5.74) is 2.15. The lowest BCUT2D eigenvalue weighted by Crippen LogP contribution is -2.47. The van der Waals surface area contributed by atoms with Crippen LogP contribution in [0.25, 0.3) is 5.65 Å². The number of aromatic nitrogens is 3. The monoisotopic (exact) mass is 757 g/mol. The number of piperazine rings is 1. The molecule has 2 N–H and O–H groups in total. The van der Waals surface area contributed by atoms with Crippen molar-refractivity contribution in [3.63, 3.8) is 0 Å². The largest absolute Gasteiger partial charge is 0.444 e. The number of nitrogens with zero attached hydrogens (tertiary/aromatic N) is 7. The Kier molecular flexibility index (Phi) is 11.5. The van der Waals surface area contributed by atoms with Crippen molar-refractivity contribution in [3.8, 4) is 0 Å². The molecule has 3 fully saturated rings. The highest BCUT2D eigenvalue weighted by Gasteiger charge is 2.35. The van der Waals surface area contributed by atoms with Gasteiger partial charge >= 0.3 is 6.09 Å². The predicted molar refractivity (Wildman–Crippen MR) is 203 cm³/mol. The zero-order valence-electron chi connectivity index (χ0n) is 30.9. The molecule has 0 bridgehead atoms. The molecule has 14 nitrogen and oxygen atoms in total. The molecule has 52 heavy (non-hydrogen) atoms. The normalized spacial score (nSPS) is 20.3. The van der Waals surface area contributed by atoms with Crippen LogP contribution in [0.4, 0.5) is 16.3 Å². The SMILES string of the molecule is Cc1cn2nc([C@@H]3CCCCN3C(=O)c3ccc(Cl)cc3NS(C)(=O)=O)cc2nc1N1CC[C@H](N(CCCN2CCNCC2)C(=O)OC(C)(C)C)C1. The molecular weight excluding hydrogens is 706 g/mol. The average Bonchev–Trinajstić information content (AvgIpc) is 3.72. The third kappa shape index (κ3) is 9.28. The Balaban J connectivity index is 1.20. The van der Waals surface area contributed by atoms with Crippen LogP contribution < -0.4 is 14.9 Å². The van der Waals surface area contributed by atoms with Crippen LogP contribution in [0.5, 0.6) is 0 Å². The number of carbonyl (C=O) groups excluding carboxylic acids is 2. The Labute approximate surface area is 311 Å². The van der Waals surface area contributed by atoms with Gasteiger partial charge in [0.15, 0.2) is 5.65 Å². The van der Waals surface area contributed by atoms with Gasteiger partial charge in [0.05, 0.1) is 35.3 Å². The summed E-state index contributed by atoms with van der Waals surface area (Å²) in [7, 11) is -3.64. The fourth-order valence-corrected chi connectivity index (χ4v) is 8.20. The molecule has 284 valence electrons. The van der Waals surface area contributed by atoms with Crippen LogP contribution in [-0.4, -0.2) is 127 Å². The third-order valence-corrected chi connectivity index (χ3v) is 10.7. The van der Waals surface area contributed by atoms with Crippen molar-refractivity contribution < 1.29 is 22.7 Å². The first-order chi connectivity index (χ1) is 24.6. The third-order valence-electron chi connectivity index (χ3n) is 9.85. The lowest BCUT2D eigenvalue weighted by atomic mass is 9.98. The van der Waals surface area contributed by atoms with Crippen LogP contribution in [0.3, 0.4) is 0 Å². The molecule has 2 amide bonds. The molecule has 0 aliphatic carbocycles. The lowest BCUT2D eigenvalue weighted by molar-refractivity contribution is 0.0169. The van der Waals surface area contributed by atoms with Crippen molar-refractivity contribution in [1.29, 1.82) is 0 Å². The summed E-state index contributed by atoms with van der Waals surface area (Å²) >= 11 is 6.18. The molecule has 3 aliphatic rings. The zero-order chi connectivity index (χ0) is 37.2. The summed E-state index contributed by atoms with van der Waals surface area (Å²) < 4.78 is 34.3. The number of anilines is 2. The summed E-state index contributed by atoms with van der Waals surface area (Å²) in [5, 5.41) is 8.61.